The number of nitrogens with zero attached hydrogens (tertiary/aromatic N) is 1. The molecule has 0 saturated heterocycles. The number of carbonyl (C=O) groups excluding carboxylic acids is 1. The van der Waals surface area contributed by atoms with Crippen molar-refractivity contribution in [1.82, 2.24) is 10.5 Å². The third-order valence-electron chi connectivity index (χ3n) is 2.37. The van der Waals surface area contributed by atoms with Crippen molar-refractivity contribution in [2.75, 3.05) is 0 Å². The van der Waals surface area contributed by atoms with Gasteiger partial charge in [-0.25, -0.2) is 4.79 Å². The Morgan fingerprint density at radius 2 is 2.27 bits per heavy atom. The molecule has 80 valence electrons. The Bertz CT molecular complexity index is 420. The van der Waals surface area contributed by atoms with Gasteiger partial charge in [0.15, 0.2) is 5.69 Å². The number of nitrogens with one attached hydrogen (secondary N) is 1. The zero-order chi connectivity index (χ0) is 11.1. The van der Waals surface area contributed by atoms with Crippen LogP contribution in [0.3, 0.4) is 0 Å². The van der Waals surface area contributed by atoms with Crippen molar-refractivity contribution in [2.45, 2.75) is 25.3 Å². The summed E-state index contributed by atoms with van der Waals surface area (Å²) in [6.07, 6.45) is 1.87. The first-order valence-corrected chi connectivity index (χ1v) is 4.53. The number of hydrogen-bond acceptors (Lipinski definition) is 4. The number of carboxylic acid groups (broad SMARTS) is 1. The monoisotopic (exact) mass is 210 g/mol. The van der Waals surface area contributed by atoms with Crippen molar-refractivity contribution < 1.29 is 19.2 Å². The second-order valence-electron chi connectivity index (χ2n) is 3.90. The Kier molecular flexibility index (Phi) is 1.99. The van der Waals surface area contributed by atoms with Gasteiger partial charge in [-0.2, -0.15) is 0 Å². The minimum Gasteiger partial charge on any atom is -0.475 e. The maximum Gasteiger partial charge on any atom is 0.374 e. The number of rotatable bonds is 3. The van der Waals surface area contributed by atoms with E-state index >= 15 is 0 Å². The van der Waals surface area contributed by atoms with Gasteiger partial charge in [-0.3, -0.25) is 4.79 Å². The molecule has 0 bridgehead atoms. The van der Waals surface area contributed by atoms with E-state index in [1.807, 2.05) is 6.92 Å². The van der Waals surface area contributed by atoms with Gasteiger partial charge in [-0.05, 0) is 19.8 Å². The average Bonchev–Trinajstić information content (AvgIpc) is 2.70. The van der Waals surface area contributed by atoms with E-state index in [0.29, 0.717) is 0 Å². The molecule has 0 radical (unpaired) electrons. The second kappa shape index (κ2) is 3.08. The lowest BCUT2D eigenvalue weighted by molar-refractivity contribution is 0.0651. The maximum absolute atomic E-state index is 11.5. The molecule has 1 amide bonds. The lowest BCUT2D eigenvalue weighted by atomic mass is 10.3. The molecule has 2 N–H and O–H groups in total. The molecule has 1 fully saturated rings. The smallest absolute Gasteiger partial charge is 0.374 e. The van der Waals surface area contributed by atoms with Crippen LogP contribution in [0.4, 0.5) is 0 Å². The summed E-state index contributed by atoms with van der Waals surface area (Å²) in [5.41, 5.74) is -0.153. The number of hydrogen-bond donors (Lipinski definition) is 2. The zero-order valence-corrected chi connectivity index (χ0v) is 8.11. The molecule has 6 heteroatoms. The molecule has 0 aromatic carbocycles. The van der Waals surface area contributed by atoms with Crippen LogP contribution in [0.5, 0.6) is 0 Å². The molecule has 1 aromatic rings. The third-order valence-corrected chi connectivity index (χ3v) is 2.37. The second-order valence-corrected chi connectivity index (χ2v) is 3.90. The standard InChI is InChI=1S/C9H10N2O4/c1-9(2-3-9)10-7(12)5-4-6(8(13)14)15-11-5/h4H,2-3H2,1H3,(H,10,12)(H,13,14). The van der Waals surface area contributed by atoms with Crippen LogP contribution in [-0.2, 0) is 0 Å². The van der Waals surface area contributed by atoms with Crippen molar-refractivity contribution in [3.63, 3.8) is 0 Å². The predicted molar refractivity (Wildman–Crippen MR) is 48.6 cm³/mol. The molecule has 1 aliphatic rings. The molecule has 1 saturated carbocycles. The molecule has 15 heavy (non-hydrogen) atoms. The molecule has 1 aromatic heterocycles. The van der Waals surface area contributed by atoms with Gasteiger partial charge < -0.3 is 14.9 Å². The van der Waals surface area contributed by atoms with Gasteiger partial charge in [0.25, 0.3) is 5.91 Å². The fraction of sp³-hybridized carbons (Fsp3) is 0.444. The van der Waals surface area contributed by atoms with E-state index in [4.69, 9.17) is 5.11 Å². The fourth-order valence-corrected chi connectivity index (χ4v) is 1.13. The third kappa shape index (κ3) is 1.98. The van der Waals surface area contributed by atoms with Crippen LogP contribution in [-0.4, -0.2) is 27.7 Å². The first-order valence-electron chi connectivity index (χ1n) is 4.53. The van der Waals surface area contributed by atoms with E-state index in [1.165, 1.54) is 0 Å². The fourth-order valence-electron chi connectivity index (χ4n) is 1.13. The van der Waals surface area contributed by atoms with Gasteiger partial charge in [0, 0.05) is 11.6 Å². The van der Waals surface area contributed by atoms with Crippen molar-refractivity contribution >= 4 is 11.9 Å². The summed E-state index contributed by atoms with van der Waals surface area (Å²) in [4.78, 5) is 22.0. The van der Waals surface area contributed by atoms with Crippen LogP contribution in [0.25, 0.3) is 0 Å². The van der Waals surface area contributed by atoms with Gasteiger partial charge in [0.2, 0.25) is 5.76 Å². The Morgan fingerprint density at radius 1 is 1.60 bits per heavy atom. The summed E-state index contributed by atoms with van der Waals surface area (Å²) in [6.45, 7) is 1.92. The van der Waals surface area contributed by atoms with Crippen molar-refractivity contribution in [3.8, 4) is 0 Å². The molecule has 1 heterocycles. The van der Waals surface area contributed by atoms with E-state index in [-0.39, 0.29) is 17.0 Å². The van der Waals surface area contributed by atoms with Crippen molar-refractivity contribution in [2.24, 2.45) is 0 Å². The van der Waals surface area contributed by atoms with E-state index in [9.17, 15) is 9.59 Å². The molecule has 0 unspecified atom stereocenters. The highest BCUT2D eigenvalue weighted by Gasteiger charge is 2.39. The van der Waals surface area contributed by atoms with Crippen molar-refractivity contribution in [1.29, 1.82) is 0 Å². The molecule has 0 atom stereocenters. The summed E-state index contributed by atoms with van der Waals surface area (Å²) < 4.78 is 4.47. The highest BCUT2D eigenvalue weighted by Crippen LogP contribution is 2.34. The van der Waals surface area contributed by atoms with E-state index < -0.39 is 11.9 Å². The average molecular weight is 210 g/mol. The molecule has 6 nitrogen and oxygen atoms in total. The van der Waals surface area contributed by atoms with Gasteiger partial charge in [-0.1, -0.05) is 5.16 Å². The molecule has 1 aliphatic carbocycles. The predicted octanol–water partition coefficient (Wildman–Crippen LogP) is 0.655. The molecular weight excluding hydrogens is 200 g/mol. The molecule has 2 rings (SSSR count). The number of aromatic nitrogens is 1. The van der Waals surface area contributed by atoms with E-state index in [0.717, 1.165) is 18.9 Å². The van der Waals surface area contributed by atoms with Crippen LogP contribution in [0.15, 0.2) is 10.6 Å². The number of carbonyl (C=O) groups is 2. The summed E-state index contributed by atoms with van der Waals surface area (Å²) in [7, 11) is 0. The topological polar surface area (TPSA) is 92.4 Å². The van der Waals surface area contributed by atoms with Crippen LogP contribution in [0.2, 0.25) is 0 Å². The normalized spacial score (nSPS) is 17.1. The Labute approximate surface area is 85.2 Å². The van der Waals surface area contributed by atoms with Gasteiger partial charge >= 0.3 is 5.97 Å². The van der Waals surface area contributed by atoms with Crippen LogP contribution in [0.1, 0.15) is 40.8 Å². The first-order chi connectivity index (χ1) is 7.00. The highest BCUT2D eigenvalue weighted by atomic mass is 16.5. The van der Waals surface area contributed by atoms with Crippen molar-refractivity contribution in [3.05, 3.63) is 17.5 Å². The highest BCUT2D eigenvalue weighted by molar-refractivity contribution is 5.95. The molecular formula is C9H10N2O4. The SMILES string of the molecule is CC1(NC(=O)c2cc(C(=O)O)on2)CC1. The largest absolute Gasteiger partial charge is 0.475 e. The van der Waals surface area contributed by atoms with Gasteiger partial charge in [0.05, 0.1) is 0 Å². The summed E-state index contributed by atoms with van der Waals surface area (Å²) >= 11 is 0. The van der Waals surface area contributed by atoms with E-state index in [2.05, 4.69) is 15.0 Å². The van der Waals surface area contributed by atoms with Crippen LogP contribution in [0, 0.1) is 0 Å². The van der Waals surface area contributed by atoms with Gasteiger partial charge in [0.1, 0.15) is 0 Å². The van der Waals surface area contributed by atoms with Crippen LogP contribution >= 0.6 is 0 Å². The summed E-state index contributed by atoms with van der Waals surface area (Å²) in [6, 6.07) is 1.11. The summed E-state index contributed by atoms with van der Waals surface area (Å²) in [5.74, 6) is -1.97. The Morgan fingerprint density at radius 3 is 2.73 bits per heavy atom. The minimum absolute atomic E-state index is 0.000486. The maximum atomic E-state index is 11.5. The number of amides is 1. The zero-order valence-electron chi connectivity index (χ0n) is 8.11. The minimum atomic E-state index is -1.24. The first kappa shape index (κ1) is 9.70. The number of aromatic carboxylic acids is 1. The lowest BCUT2D eigenvalue weighted by Gasteiger charge is -2.08. The number of carboxylic acids is 1. The lowest BCUT2D eigenvalue weighted by Crippen LogP contribution is -2.34. The molecule has 0 aliphatic heterocycles. The Balaban J connectivity index is 2.08. The van der Waals surface area contributed by atoms with Gasteiger partial charge in [-0.15, -0.1) is 0 Å². The molecule has 0 spiro atoms. The van der Waals surface area contributed by atoms with Crippen LogP contribution < -0.4 is 5.32 Å². The summed E-state index contributed by atoms with van der Waals surface area (Å²) in [5, 5.41) is 14.7. The van der Waals surface area contributed by atoms with E-state index in [1.54, 1.807) is 0 Å². The Hall–Kier alpha value is -1.85. The quantitative estimate of drug-likeness (QED) is 0.764.